The van der Waals surface area contributed by atoms with Gasteiger partial charge in [0.25, 0.3) is 0 Å². The summed E-state index contributed by atoms with van der Waals surface area (Å²) in [6, 6.07) is 4.28. The summed E-state index contributed by atoms with van der Waals surface area (Å²) in [6.07, 6.45) is 6.31. The molecule has 2 rings (SSSR count). The lowest BCUT2D eigenvalue weighted by Gasteiger charge is -2.24. The van der Waals surface area contributed by atoms with Crippen molar-refractivity contribution in [1.29, 1.82) is 0 Å². The maximum absolute atomic E-state index is 5.88. The molecule has 0 bridgehead atoms. The standard InChI is InChI=1S/C18H30N2O/c1-4-17-10-16(13-19-12-14(2)3)11-18(20-17)21-9-8-15-6-5-7-15/h10-11,14-15,19H,4-9,12-13H2,1-3H3. The van der Waals surface area contributed by atoms with Crippen molar-refractivity contribution in [2.24, 2.45) is 11.8 Å². The number of aromatic nitrogens is 1. The Bertz CT molecular complexity index is 427. The molecule has 1 aliphatic rings. The molecule has 21 heavy (non-hydrogen) atoms. The number of nitrogens with one attached hydrogen (secondary N) is 1. The minimum Gasteiger partial charge on any atom is -0.478 e. The highest BCUT2D eigenvalue weighted by Gasteiger charge is 2.17. The van der Waals surface area contributed by atoms with E-state index in [0.29, 0.717) is 5.92 Å². The van der Waals surface area contributed by atoms with Crippen molar-refractivity contribution < 1.29 is 4.74 Å². The summed E-state index contributed by atoms with van der Waals surface area (Å²) in [4.78, 5) is 4.59. The lowest BCUT2D eigenvalue weighted by Crippen LogP contribution is -2.19. The lowest BCUT2D eigenvalue weighted by atomic mass is 9.83. The zero-order valence-corrected chi connectivity index (χ0v) is 13.8. The van der Waals surface area contributed by atoms with Crippen LogP contribution < -0.4 is 10.1 Å². The fraction of sp³-hybridized carbons (Fsp3) is 0.722. The van der Waals surface area contributed by atoms with Crippen LogP contribution in [0.4, 0.5) is 0 Å². The number of rotatable bonds is 9. The number of pyridine rings is 1. The Labute approximate surface area is 129 Å². The van der Waals surface area contributed by atoms with E-state index in [2.05, 4.69) is 43.2 Å². The quantitative estimate of drug-likeness (QED) is 0.747. The number of aryl methyl sites for hydroxylation is 1. The second kappa shape index (κ2) is 8.38. The van der Waals surface area contributed by atoms with Crippen LogP contribution in [0.15, 0.2) is 12.1 Å². The van der Waals surface area contributed by atoms with E-state index >= 15 is 0 Å². The van der Waals surface area contributed by atoms with Crippen LogP contribution in [0.25, 0.3) is 0 Å². The number of ether oxygens (including phenoxy) is 1. The van der Waals surface area contributed by atoms with E-state index in [4.69, 9.17) is 4.74 Å². The molecule has 118 valence electrons. The van der Waals surface area contributed by atoms with Gasteiger partial charge < -0.3 is 10.1 Å². The van der Waals surface area contributed by atoms with Crippen LogP contribution in [-0.4, -0.2) is 18.1 Å². The monoisotopic (exact) mass is 290 g/mol. The second-order valence-electron chi connectivity index (χ2n) is 6.62. The topological polar surface area (TPSA) is 34.1 Å². The Balaban J connectivity index is 1.85. The first-order valence-electron chi connectivity index (χ1n) is 8.50. The molecule has 1 fully saturated rings. The molecular formula is C18H30N2O. The first-order chi connectivity index (χ1) is 10.2. The summed E-state index contributed by atoms with van der Waals surface area (Å²) < 4.78 is 5.88. The minimum absolute atomic E-state index is 0.677. The summed E-state index contributed by atoms with van der Waals surface area (Å²) in [5, 5.41) is 3.49. The van der Waals surface area contributed by atoms with Crippen molar-refractivity contribution in [3.63, 3.8) is 0 Å². The van der Waals surface area contributed by atoms with Gasteiger partial charge in [0.05, 0.1) is 6.61 Å². The van der Waals surface area contributed by atoms with Gasteiger partial charge in [0.1, 0.15) is 0 Å². The minimum atomic E-state index is 0.677. The first-order valence-corrected chi connectivity index (χ1v) is 8.50. The van der Waals surface area contributed by atoms with E-state index in [0.717, 1.165) is 43.6 Å². The van der Waals surface area contributed by atoms with Crippen molar-refractivity contribution in [3.05, 3.63) is 23.4 Å². The Morgan fingerprint density at radius 1 is 1.33 bits per heavy atom. The molecule has 3 heteroatoms. The summed E-state index contributed by atoms with van der Waals surface area (Å²) in [7, 11) is 0. The molecule has 1 aliphatic carbocycles. The van der Waals surface area contributed by atoms with Gasteiger partial charge in [-0.1, -0.05) is 40.0 Å². The Morgan fingerprint density at radius 2 is 2.14 bits per heavy atom. The van der Waals surface area contributed by atoms with Crippen LogP contribution in [0.1, 0.15) is 57.7 Å². The van der Waals surface area contributed by atoms with Crippen LogP contribution in [0.2, 0.25) is 0 Å². The van der Waals surface area contributed by atoms with Gasteiger partial charge in [0, 0.05) is 18.3 Å². The average molecular weight is 290 g/mol. The lowest BCUT2D eigenvalue weighted by molar-refractivity contribution is 0.217. The van der Waals surface area contributed by atoms with Crippen LogP contribution in [0.3, 0.4) is 0 Å². The fourth-order valence-electron chi connectivity index (χ4n) is 2.59. The van der Waals surface area contributed by atoms with E-state index in [1.165, 1.54) is 31.2 Å². The van der Waals surface area contributed by atoms with Crippen molar-refractivity contribution in [1.82, 2.24) is 10.3 Å². The number of nitrogens with zero attached hydrogens (tertiary/aromatic N) is 1. The van der Waals surface area contributed by atoms with E-state index < -0.39 is 0 Å². The molecule has 0 aromatic carbocycles. The first kappa shape index (κ1) is 16.3. The third kappa shape index (κ3) is 5.66. The predicted molar refractivity (Wildman–Crippen MR) is 87.6 cm³/mol. The van der Waals surface area contributed by atoms with E-state index in [9.17, 15) is 0 Å². The highest BCUT2D eigenvalue weighted by Crippen LogP contribution is 2.29. The average Bonchev–Trinajstić information content (AvgIpc) is 2.41. The van der Waals surface area contributed by atoms with Crippen LogP contribution in [-0.2, 0) is 13.0 Å². The molecule has 0 aliphatic heterocycles. The molecule has 0 saturated heterocycles. The highest BCUT2D eigenvalue weighted by atomic mass is 16.5. The van der Waals surface area contributed by atoms with Gasteiger partial charge in [-0.3, -0.25) is 0 Å². The molecule has 1 N–H and O–H groups in total. The van der Waals surface area contributed by atoms with Crippen molar-refractivity contribution >= 4 is 0 Å². The maximum Gasteiger partial charge on any atom is 0.213 e. The third-order valence-electron chi connectivity index (χ3n) is 4.16. The zero-order valence-electron chi connectivity index (χ0n) is 13.8. The van der Waals surface area contributed by atoms with Crippen LogP contribution in [0, 0.1) is 11.8 Å². The van der Waals surface area contributed by atoms with Crippen molar-refractivity contribution in [2.45, 2.75) is 59.4 Å². The molecule has 1 aromatic rings. The second-order valence-corrected chi connectivity index (χ2v) is 6.62. The van der Waals surface area contributed by atoms with Gasteiger partial charge in [-0.15, -0.1) is 0 Å². The van der Waals surface area contributed by atoms with Crippen molar-refractivity contribution in [2.75, 3.05) is 13.2 Å². The molecule has 0 atom stereocenters. The molecule has 0 unspecified atom stereocenters. The largest absolute Gasteiger partial charge is 0.478 e. The van der Waals surface area contributed by atoms with Gasteiger partial charge in [0.2, 0.25) is 5.88 Å². The fourth-order valence-corrected chi connectivity index (χ4v) is 2.59. The molecular weight excluding hydrogens is 260 g/mol. The van der Waals surface area contributed by atoms with E-state index in [1.807, 2.05) is 0 Å². The molecule has 0 spiro atoms. The van der Waals surface area contributed by atoms with Crippen molar-refractivity contribution in [3.8, 4) is 5.88 Å². The summed E-state index contributed by atoms with van der Waals surface area (Å²) in [5.74, 6) is 2.37. The Morgan fingerprint density at radius 3 is 2.76 bits per heavy atom. The van der Waals surface area contributed by atoms with Gasteiger partial charge in [-0.2, -0.15) is 0 Å². The van der Waals surface area contributed by atoms with Crippen LogP contribution >= 0.6 is 0 Å². The van der Waals surface area contributed by atoms with Crippen LogP contribution in [0.5, 0.6) is 5.88 Å². The number of hydrogen-bond acceptors (Lipinski definition) is 3. The normalized spacial score (nSPS) is 15.2. The Hall–Kier alpha value is -1.09. The molecule has 0 amide bonds. The molecule has 1 aromatic heterocycles. The van der Waals surface area contributed by atoms with Gasteiger partial charge in [-0.25, -0.2) is 4.98 Å². The maximum atomic E-state index is 5.88. The van der Waals surface area contributed by atoms with Gasteiger partial charge in [0.15, 0.2) is 0 Å². The summed E-state index contributed by atoms with van der Waals surface area (Å²) in [6.45, 7) is 9.35. The highest BCUT2D eigenvalue weighted by molar-refractivity contribution is 5.25. The molecule has 1 saturated carbocycles. The van der Waals surface area contributed by atoms with Gasteiger partial charge >= 0.3 is 0 Å². The van der Waals surface area contributed by atoms with E-state index in [1.54, 1.807) is 0 Å². The summed E-state index contributed by atoms with van der Waals surface area (Å²) >= 11 is 0. The summed E-state index contributed by atoms with van der Waals surface area (Å²) in [5.41, 5.74) is 2.40. The Kier molecular flexibility index (Phi) is 6.50. The third-order valence-corrected chi connectivity index (χ3v) is 4.16. The molecule has 1 heterocycles. The van der Waals surface area contributed by atoms with E-state index in [-0.39, 0.29) is 0 Å². The SMILES string of the molecule is CCc1cc(CNCC(C)C)cc(OCCC2CCC2)n1. The van der Waals surface area contributed by atoms with Gasteiger partial charge in [-0.05, 0) is 42.9 Å². The zero-order chi connectivity index (χ0) is 15.1. The molecule has 0 radical (unpaired) electrons. The predicted octanol–water partition coefficient (Wildman–Crippen LogP) is 3.96. The smallest absolute Gasteiger partial charge is 0.213 e. The molecule has 3 nitrogen and oxygen atoms in total. The number of hydrogen-bond donors (Lipinski definition) is 1.